The van der Waals surface area contributed by atoms with Crippen LogP contribution in [0.1, 0.15) is 66.2 Å². The van der Waals surface area contributed by atoms with E-state index in [1.165, 1.54) is 77.8 Å². The Morgan fingerprint density at radius 3 is 2.32 bits per heavy atom. The van der Waals surface area contributed by atoms with E-state index >= 15 is 0 Å². The first-order valence-electron chi connectivity index (χ1n) is 10.8. The highest BCUT2D eigenvalue weighted by Crippen LogP contribution is 2.35. The topological polar surface area (TPSA) is 21.8 Å². The fourth-order valence-corrected chi connectivity index (χ4v) is 5.90. The molecule has 5 aliphatic rings. The van der Waals surface area contributed by atoms with Gasteiger partial charge in [0, 0.05) is 61.9 Å². The Morgan fingerprint density at radius 2 is 1.64 bits per heavy atom. The molecule has 0 aromatic carbocycles. The van der Waals surface area contributed by atoms with Gasteiger partial charge in [-0.2, -0.15) is 0 Å². The third-order valence-electron chi connectivity index (χ3n) is 7.92. The fourth-order valence-electron chi connectivity index (χ4n) is 5.90. The van der Waals surface area contributed by atoms with Gasteiger partial charge in [0.1, 0.15) is 0 Å². The van der Waals surface area contributed by atoms with Gasteiger partial charge in [-0.3, -0.25) is 14.7 Å². The number of rotatable bonds is 5. The lowest BCUT2D eigenvalue weighted by molar-refractivity contribution is -0.0240. The largest absolute Gasteiger partial charge is 0.311 e. The van der Waals surface area contributed by atoms with Gasteiger partial charge >= 0.3 is 0 Å². The van der Waals surface area contributed by atoms with E-state index in [9.17, 15) is 0 Å². The van der Waals surface area contributed by atoms with Crippen molar-refractivity contribution in [3.8, 4) is 0 Å². The summed E-state index contributed by atoms with van der Waals surface area (Å²) in [6.45, 7) is 17.7. The number of piperidine rings is 2. The van der Waals surface area contributed by atoms with Crippen LogP contribution in [0.5, 0.6) is 0 Å². The second-order valence-corrected chi connectivity index (χ2v) is 10.4. The van der Waals surface area contributed by atoms with Crippen LogP contribution in [-0.2, 0) is 0 Å². The lowest BCUT2D eigenvalue weighted by Crippen LogP contribution is -2.66. The lowest BCUT2D eigenvalue weighted by Gasteiger charge is -2.54. The fraction of sp³-hybridized carbons (Fsp3) is 1.00. The Labute approximate surface area is 155 Å². The molecule has 0 amide bonds. The number of piperazine rings is 2. The van der Waals surface area contributed by atoms with Crippen molar-refractivity contribution in [1.82, 2.24) is 20.0 Å². The maximum atomic E-state index is 3.71. The molecule has 144 valence electrons. The van der Waals surface area contributed by atoms with Crippen LogP contribution in [0.15, 0.2) is 0 Å². The molecule has 0 aromatic rings. The zero-order chi connectivity index (χ0) is 17.7. The molecule has 5 aliphatic heterocycles. The van der Waals surface area contributed by atoms with Crippen LogP contribution in [0, 0.1) is 0 Å². The van der Waals surface area contributed by atoms with E-state index in [4.69, 9.17) is 0 Å². The third-order valence-corrected chi connectivity index (χ3v) is 7.92. The molecule has 4 nitrogen and oxygen atoms in total. The number of hydrogen-bond acceptors (Lipinski definition) is 4. The maximum Gasteiger partial charge on any atom is 0.0227 e. The van der Waals surface area contributed by atoms with Crippen molar-refractivity contribution >= 4 is 0 Å². The van der Waals surface area contributed by atoms with E-state index in [2.05, 4.69) is 47.7 Å². The van der Waals surface area contributed by atoms with E-state index in [0.29, 0.717) is 11.1 Å². The highest BCUT2D eigenvalue weighted by molar-refractivity contribution is 5.00. The zero-order valence-electron chi connectivity index (χ0n) is 17.1. The Hall–Kier alpha value is -0.160. The van der Waals surface area contributed by atoms with Gasteiger partial charge in [0.25, 0.3) is 0 Å². The average Bonchev–Trinajstić information content (AvgIpc) is 3.09. The standard InChI is InChI=1S/C21H40N4/c1-20(2,24-13-12-23-11-5-6-19(23)16-24)9-10-21(3,4)25-15-17-7-8-18(25)14-22-17/h17-19,22H,5-16H2,1-4H3. The maximum absolute atomic E-state index is 3.71. The van der Waals surface area contributed by atoms with Crippen molar-refractivity contribution in [3.05, 3.63) is 0 Å². The molecule has 0 aromatic heterocycles. The number of nitrogens with one attached hydrogen (secondary N) is 1. The minimum atomic E-state index is 0.331. The van der Waals surface area contributed by atoms with E-state index in [1.807, 2.05) is 0 Å². The molecule has 0 saturated carbocycles. The Bertz CT molecular complexity index is 467. The smallest absolute Gasteiger partial charge is 0.0227 e. The van der Waals surface area contributed by atoms with Crippen LogP contribution in [0.2, 0.25) is 0 Å². The molecule has 0 radical (unpaired) electrons. The Kier molecular flexibility index (Phi) is 4.94. The molecule has 0 spiro atoms. The van der Waals surface area contributed by atoms with Crippen molar-refractivity contribution < 1.29 is 0 Å². The van der Waals surface area contributed by atoms with Gasteiger partial charge in [-0.1, -0.05) is 0 Å². The molecular formula is C21H40N4. The van der Waals surface area contributed by atoms with E-state index in [-0.39, 0.29) is 0 Å². The van der Waals surface area contributed by atoms with Crippen LogP contribution in [0.25, 0.3) is 0 Å². The molecule has 5 heterocycles. The van der Waals surface area contributed by atoms with Crippen molar-refractivity contribution in [2.45, 2.75) is 95.4 Å². The highest BCUT2D eigenvalue weighted by Gasteiger charge is 2.42. The first-order chi connectivity index (χ1) is 11.9. The van der Waals surface area contributed by atoms with Gasteiger partial charge in [-0.15, -0.1) is 0 Å². The quantitative estimate of drug-likeness (QED) is 0.824. The van der Waals surface area contributed by atoms with Crippen LogP contribution in [0.3, 0.4) is 0 Å². The summed E-state index contributed by atoms with van der Waals surface area (Å²) in [7, 11) is 0. The van der Waals surface area contributed by atoms with Gasteiger partial charge in [0.2, 0.25) is 0 Å². The van der Waals surface area contributed by atoms with Crippen LogP contribution in [0.4, 0.5) is 0 Å². The average molecular weight is 349 g/mol. The van der Waals surface area contributed by atoms with Gasteiger partial charge in [0.05, 0.1) is 0 Å². The van der Waals surface area contributed by atoms with Crippen molar-refractivity contribution in [2.75, 3.05) is 39.3 Å². The minimum absolute atomic E-state index is 0.331. The summed E-state index contributed by atoms with van der Waals surface area (Å²) in [6, 6.07) is 2.35. The molecule has 5 fully saturated rings. The van der Waals surface area contributed by atoms with Crippen molar-refractivity contribution in [3.63, 3.8) is 0 Å². The predicted molar refractivity (Wildman–Crippen MR) is 105 cm³/mol. The van der Waals surface area contributed by atoms with Gasteiger partial charge in [0.15, 0.2) is 0 Å². The normalized spacial score (nSPS) is 35.3. The molecule has 3 unspecified atom stereocenters. The summed E-state index contributed by atoms with van der Waals surface area (Å²) >= 11 is 0. The second-order valence-electron chi connectivity index (χ2n) is 10.4. The minimum Gasteiger partial charge on any atom is -0.311 e. The summed E-state index contributed by atoms with van der Waals surface area (Å²) in [5.41, 5.74) is 0.664. The third kappa shape index (κ3) is 3.65. The van der Waals surface area contributed by atoms with Gasteiger partial charge in [-0.05, 0) is 72.8 Å². The first kappa shape index (κ1) is 18.2. The van der Waals surface area contributed by atoms with Crippen molar-refractivity contribution in [1.29, 1.82) is 0 Å². The summed E-state index contributed by atoms with van der Waals surface area (Å²) in [5.74, 6) is 0. The SMILES string of the molecule is CC(C)(CCC(C)(C)N1CC2CCC1CN2)N1CCN2CCCC2C1. The highest BCUT2D eigenvalue weighted by atomic mass is 15.3. The number of nitrogens with zero attached hydrogens (tertiary/aromatic N) is 3. The second kappa shape index (κ2) is 6.78. The Morgan fingerprint density at radius 1 is 0.840 bits per heavy atom. The lowest BCUT2D eigenvalue weighted by atomic mass is 9.82. The zero-order valence-corrected chi connectivity index (χ0v) is 17.1. The Balaban J connectivity index is 1.34. The molecule has 2 bridgehead atoms. The van der Waals surface area contributed by atoms with Gasteiger partial charge in [-0.25, -0.2) is 0 Å². The molecule has 25 heavy (non-hydrogen) atoms. The number of hydrogen-bond donors (Lipinski definition) is 1. The molecule has 4 heteroatoms. The van der Waals surface area contributed by atoms with E-state index in [1.54, 1.807) is 0 Å². The van der Waals surface area contributed by atoms with Gasteiger partial charge < -0.3 is 5.32 Å². The summed E-state index contributed by atoms with van der Waals surface area (Å²) in [6.07, 6.45) is 8.24. The molecule has 5 saturated heterocycles. The molecular weight excluding hydrogens is 308 g/mol. The summed E-state index contributed by atoms with van der Waals surface area (Å²) in [4.78, 5) is 8.37. The summed E-state index contributed by atoms with van der Waals surface area (Å²) < 4.78 is 0. The summed E-state index contributed by atoms with van der Waals surface area (Å²) in [5, 5.41) is 3.71. The van der Waals surface area contributed by atoms with E-state index < -0.39 is 0 Å². The molecule has 3 atom stereocenters. The molecule has 5 rings (SSSR count). The van der Waals surface area contributed by atoms with Crippen LogP contribution >= 0.6 is 0 Å². The predicted octanol–water partition coefficient (Wildman–Crippen LogP) is 2.54. The van der Waals surface area contributed by atoms with Crippen molar-refractivity contribution in [2.24, 2.45) is 0 Å². The van der Waals surface area contributed by atoms with Crippen LogP contribution < -0.4 is 5.32 Å². The van der Waals surface area contributed by atoms with Crippen LogP contribution in [-0.4, -0.2) is 83.2 Å². The monoisotopic (exact) mass is 348 g/mol. The van der Waals surface area contributed by atoms with E-state index in [0.717, 1.165) is 18.1 Å². The molecule has 0 aliphatic carbocycles. The first-order valence-corrected chi connectivity index (χ1v) is 10.8. The number of fused-ring (bicyclic) bond motifs is 4. The molecule has 1 N–H and O–H groups in total.